The van der Waals surface area contributed by atoms with Crippen molar-refractivity contribution < 1.29 is 4.42 Å². The summed E-state index contributed by atoms with van der Waals surface area (Å²) in [4.78, 5) is 25.6. The molecule has 0 amide bonds. The summed E-state index contributed by atoms with van der Waals surface area (Å²) in [5.41, 5.74) is 10.2. The summed E-state index contributed by atoms with van der Waals surface area (Å²) in [6, 6.07) is 68.4. The maximum atomic E-state index is 6.45. The zero-order valence-corrected chi connectivity index (χ0v) is 33.6. The second-order valence-electron chi connectivity index (χ2n) is 15.6. The van der Waals surface area contributed by atoms with Gasteiger partial charge in [0.15, 0.2) is 17.5 Å². The summed E-state index contributed by atoms with van der Waals surface area (Å²) in [6.45, 7) is 0. The van der Waals surface area contributed by atoms with E-state index in [2.05, 4.69) is 118 Å². The minimum absolute atomic E-state index is 0.502. The molecule has 6 heterocycles. The van der Waals surface area contributed by atoms with Crippen molar-refractivity contribution in [3.05, 3.63) is 200 Å². The van der Waals surface area contributed by atoms with Crippen LogP contribution in [0, 0.1) is 0 Å². The summed E-state index contributed by atoms with van der Waals surface area (Å²) in [6.07, 6.45) is 0. The van der Waals surface area contributed by atoms with Gasteiger partial charge in [0.25, 0.3) is 0 Å². The van der Waals surface area contributed by atoms with E-state index in [0.29, 0.717) is 23.2 Å². The van der Waals surface area contributed by atoms with E-state index in [1.54, 1.807) is 0 Å². The fourth-order valence-corrected chi connectivity index (χ4v) is 9.25. The predicted octanol–water partition coefficient (Wildman–Crippen LogP) is 13.4. The van der Waals surface area contributed by atoms with E-state index in [-0.39, 0.29) is 0 Å². The maximum Gasteiger partial charge on any atom is 0.182 e. The van der Waals surface area contributed by atoms with Crippen molar-refractivity contribution in [3.63, 3.8) is 0 Å². The summed E-state index contributed by atoms with van der Waals surface area (Å²) >= 11 is 0. The van der Waals surface area contributed by atoms with Crippen molar-refractivity contribution in [3.8, 4) is 57.2 Å². The third-order valence-corrected chi connectivity index (χ3v) is 12.0. The molecule has 0 bridgehead atoms. The average Bonchev–Trinajstić information content (AvgIpc) is 4.02. The molecule has 7 aromatic carbocycles. The first kappa shape index (κ1) is 35.0. The highest BCUT2D eigenvalue weighted by molar-refractivity contribution is 6.28. The largest absolute Gasteiger partial charge is 0.455 e. The van der Waals surface area contributed by atoms with Crippen molar-refractivity contribution in [2.24, 2.45) is 0 Å². The summed E-state index contributed by atoms with van der Waals surface area (Å²) in [5.74, 6) is 3.27. The smallest absolute Gasteiger partial charge is 0.182 e. The highest BCUT2D eigenvalue weighted by Crippen LogP contribution is 2.43. The number of benzene rings is 7. The molecule has 0 N–H and O–H groups in total. The van der Waals surface area contributed by atoms with E-state index in [0.717, 1.165) is 99.6 Å². The van der Waals surface area contributed by atoms with Crippen LogP contribution in [0.2, 0.25) is 0 Å². The van der Waals surface area contributed by atoms with Gasteiger partial charge in [0.05, 0.1) is 27.8 Å². The number of hydrogen-bond donors (Lipinski definition) is 0. The molecule has 8 heteroatoms. The van der Waals surface area contributed by atoms with Gasteiger partial charge in [0, 0.05) is 49.0 Å². The Kier molecular flexibility index (Phi) is 7.74. The Hall–Kier alpha value is -8.75. The first-order valence-electron chi connectivity index (χ1n) is 20.9. The highest BCUT2D eigenvalue weighted by Gasteiger charge is 2.23. The molecule has 0 radical (unpaired) electrons. The molecular weight excluding hydrogens is 775 g/mol. The molecule has 0 saturated heterocycles. The normalized spacial score (nSPS) is 11.8. The lowest BCUT2D eigenvalue weighted by Gasteiger charge is -2.11. The van der Waals surface area contributed by atoms with Gasteiger partial charge in [-0.2, -0.15) is 0 Å². The predicted molar refractivity (Wildman–Crippen MR) is 253 cm³/mol. The lowest BCUT2D eigenvalue weighted by atomic mass is 10.1. The first-order valence-corrected chi connectivity index (χ1v) is 20.9. The van der Waals surface area contributed by atoms with Crippen LogP contribution in [0.3, 0.4) is 0 Å². The van der Waals surface area contributed by atoms with Gasteiger partial charge in [-0.3, -0.25) is 9.13 Å². The van der Waals surface area contributed by atoms with Crippen LogP contribution >= 0.6 is 0 Å². The van der Waals surface area contributed by atoms with Crippen LogP contribution in [0.1, 0.15) is 0 Å². The van der Waals surface area contributed by atoms with Crippen molar-refractivity contribution in [1.29, 1.82) is 0 Å². The molecule has 0 spiro atoms. The van der Waals surface area contributed by atoms with Gasteiger partial charge in [0.1, 0.15) is 28.5 Å². The number of nitrogens with zero attached hydrogens (tertiary/aromatic N) is 7. The van der Waals surface area contributed by atoms with Crippen LogP contribution in [0.4, 0.5) is 0 Å². The van der Waals surface area contributed by atoms with Gasteiger partial charge in [0.2, 0.25) is 0 Å². The average molecular weight is 808 g/mol. The molecule has 63 heavy (non-hydrogen) atoms. The fraction of sp³-hybridized carbons (Fsp3) is 0. The number of aromatic nitrogens is 7. The minimum Gasteiger partial charge on any atom is -0.455 e. The third kappa shape index (κ3) is 5.52. The van der Waals surface area contributed by atoms with Crippen molar-refractivity contribution in [2.75, 3.05) is 0 Å². The summed E-state index contributed by atoms with van der Waals surface area (Å²) in [5, 5.41) is 6.74. The Morgan fingerprint density at radius 1 is 0.317 bits per heavy atom. The quantitative estimate of drug-likeness (QED) is 0.166. The SMILES string of the molecule is c1ccc(-c2nc(-c3ccccc3)nc(-c3cccc(-n4c5ccccc5c5c6c7ccccc7n(-c7cccc(-c8cccc9c8oc8ccccc89)n7)c6ccc54)n3)n2)cc1. The zero-order chi connectivity index (χ0) is 41.4. The number of hydrogen-bond acceptors (Lipinski definition) is 6. The Morgan fingerprint density at radius 2 is 0.794 bits per heavy atom. The molecule has 13 aromatic rings. The number of fused-ring (bicyclic) bond motifs is 10. The molecule has 13 rings (SSSR count). The molecule has 0 aliphatic carbocycles. The summed E-state index contributed by atoms with van der Waals surface area (Å²) < 4.78 is 11.0. The van der Waals surface area contributed by atoms with E-state index in [9.17, 15) is 0 Å². The highest BCUT2D eigenvalue weighted by atomic mass is 16.3. The van der Waals surface area contributed by atoms with Crippen LogP contribution in [0.5, 0.6) is 0 Å². The summed E-state index contributed by atoms with van der Waals surface area (Å²) in [7, 11) is 0. The van der Waals surface area contributed by atoms with Gasteiger partial charge in [-0.25, -0.2) is 24.9 Å². The fourth-order valence-electron chi connectivity index (χ4n) is 9.25. The minimum atomic E-state index is 0.502. The maximum absolute atomic E-state index is 6.45. The molecule has 0 unspecified atom stereocenters. The van der Waals surface area contributed by atoms with Gasteiger partial charge in [-0.05, 0) is 60.7 Å². The Morgan fingerprint density at radius 3 is 1.41 bits per heavy atom. The van der Waals surface area contributed by atoms with Gasteiger partial charge < -0.3 is 4.42 Å². The second-order valence-corrected chi connectivity index (χ2v) is 15.6. The van der Waals surface area contributed by atoms with Crippen molar-refractivity contribution in [2.45, 2.75) is 0 Å². The van der Waals surface area contributed by atoms with Crippen LogP contribution in [-0.2, 0) is 0 Å². The monoisotopic (exact) mass is 807 g/mol. The second kappa shape index (κ2) is 13.9. The molecule has 0 aliphatic heterocycles. The van der Waals surface area contributed by atoms with Gasteiger partial charge in [-0.15, -0.1) is 0 Å². The van der Waals surface area contributed by atoms with E-state index < -0.39 is 0 Å². The zero-order valence-electron chi connectivity index (χ0n) is 33.6. The number of pyridine rings is 2. The molecule has 0 saturated carbocycles. The standard InChI is InChI=1S/C55H33N7O/c1-3-16-34(17-4-1)53-58-54(35-18-5-2-6-19-35)60-55(59-53)42-26-15-31-49(57-42)62-44-28-11-8-22-40(44)51-46(62)33-32-45-50(51)39-21-7-10-27-43(39)61(45)48-30-14-25-41(56-48)38-24-13-23-37-36-20-9-12-29-47(36)63-52(37)38/h1-33H. The van der Waals surface area contributed by atoms with Gasteiger partial charge in [-0.1, -0.05) is 140 Å². The number of furan rings is 1. The van der Waals surface area contributed by atoms with E-state index in [1.807, 2.05) is 91.0 Å². The number of para-hydroxylation sites is 4. The Balaban J connectivity index is 1.00. The van der Waals surface area contributed by atoms with Crippen LogP contribution < -0.4 is 0 Å². The Labute approximate surface area is 360 Å². The molecule has 294 valence electrons. The molecule has 8 nitrogen and oxygen atoms in total. The lowest BCUT2D eigenvalue weighted by molar-refractivity contribution is 0.670. The van der Waals surface area contributed by atoms with Crippen LogP contribution in [-0.4, -0.2) is 34.1 Å². The molecule has 0 atom stereocenters. The first-order chi connectivity index (χ1) is 31.2. The number of rotatable bonds is 6. The van der Waals surface area contributed by atoms with Crippen LogP contribution in [0.25, 0.3) is 123 Å². The van der Waals surface area contributed by atoms with Crippen LogP contribution in [0.15, 0.2) is 205 Å². The molecule has 6 aromatic heterocycles. The third-order valence-electron chi connectivity index (χ3n) is 12.0. The van der Waals surface area contributed by atoms with Crippen molar-refractivity contribution >= 4 is 65.6 Å². The van der Waals surface area contributed by atoms with E-state index in [1.165, 1.54) is 0 Å². The molecule has 0 aliphatic rings. The topological polar surface area (TPSA) is 87.5 Å². The van der Waals surface area contributed by atoms with Gasteiger partial charge >= 0.3 is 0 Å². The van der Waals surface area contributed by atoms with E-state index in [4.69, 9.17) is 29.3 Å². The van der Waals surface area contributed by atoms with E-state index >= 15 is 0 Å². The Bertz CT molecular complexity index is 3870. The van der Waals surface area contributed by atoms with Crippen molar-refractivity contribution in [1.82, 2.24) is 34.1 Å². The molecular formula is C55H33N7O. The lowest BCUT2D eigenvalue weighted by Crippen LogP contribution is -2.03. The molecule has 0 fully saturated rings.